The van der Waals surface area contributed by atoms with Gasteiger partial charge in [-0.15, -0.1) is 0 Å². The number of hydrogen-bond donors (Lipinski definition) is 1. The van der Waals surface area contributed by atoms with Gasteiger partial charge in [-0.05, 0) is 30.5 Å². The second-order valence-corrected chi connectivity index (χ2v) is 4.67. The monoisotopic (exact) mass is 202 g/mol. The SMILES string of the molecule is c1ccc2c(c1)CN([C@H]1CCCNC1)C2. The molecule has 0 bridgehead atoms. The molecular formula is C13H18N2. The minimum absolute atomic E-state index is 0.756. The minimum atomic E-state index is 0.756. The van der Waals surface area contributed by atoms with Gasteiger partial charge in [0.05, 0.1) is 0 Å². The van der Waals surface area contributed by atoms with Crippen LogP contribution in [-0.4, -0.2) is 24.0 Å². The molecule has 1 saturated heterocycles. The Labute approximate surface area is 91.3 Å². The van der Waals surface area contributed by atoms with E-state index in [1.54, 1.807) is 0 Å². The van der Waals surface area contributed by atoms with Crippen LogP contribution in [0, 0.1) is 0 Å². The zero-order valence-corrected chi connectivity index (χ0v) is 9.08. The molecule has 2 heterocycles. The molecule has 0 radical (unpaired) electrons. The van der Waals surface area contributed by atoms with Gasteiger partial charge in [0, 0.05) is 25.7 Å². The molecule has 0 saturated carbocycles. The van der Waals surface area contributed by atoms with Crippen molar-refractivity contribution < 1.29 is 0 Å². The predicted molar refractivity (Wildman–Crippen MR) is 61.6 cm³/mol. The molecule has 0 spiro atoms. The summed E-state index contributed by atoms with van der Waals surface area (Å²) >= 11 is 0. The van der Waals surface area contributed by atoms with Crippen molar-refractivity contribution in [1.29, 1.82) is 0 Å². The third-order valence-electron chi connectivity index (χ3n) is 3.65. The second kappa shape index (κ2) is 3.95. The molecule has 1 atom stereocenters. The first kappa shape index (κ1) is 9.37. The molecule has 0 amide bonds. The van der Waals surface area contributed by atoms with E-state index in [9.17, 15) is 0 Å². The fourth-order valence-electron chi connectivity index (χ4n) is 2.76. The van der Waals surface area contributed by atoms with E-state index in [2.05, 4.69) is 34.5 Å². The van der Waals surface area contributed by atoms with E-state index < -0.39 is 0 Å². The van der Waals surface area contributed by atoms with Crippen LogP contribution in [0.5, 0.6) is 0 Å². The van der Waals surface area contributed by atoms with Crippen molar-refractivity contribution in [1.82, 2.24) is 10.2 Å². The predicted octanol–water partition coefficient (Wildman–Crippen LogP) is 1.75. The second-order valence-electron chi connectivity index (χ2n) is 4.67. The highest BCUT2D eigenvalue weighted by Crippen LogP contribution is 2.26. The van der Waals surface area contributed by atoms with Gasteiger partial charge >= 0.3 is 0 Å². The van der Waals surface area contributed by atoms with Crippen LogP contribution in [0.1, 0.15) is 24.0 Å². The van der Waals surface area contributed by atoms with Crippen LogP contribution in [-0.2, 0) is 13.1 Å². The van der Waals surface area contributed by atoms with E-state index >= 15 is 0 Å². The Balaban J connectivity index is 1.72. The maximum absolute atomic E-state index is 3.50. The summed E-state index contributed by atoms with van der Waals surface area (Å²) in [4.78, 5) is 2.62. The fourth-order valence-corrected chi connectivity index (χ4v) is 2.76. The van der Waals surface area contributed by atoms with E-state index in [1.165, 1.54) is 37.1 Å². The van der Waals surface area contributed by atoms with Gasteiger partial charge in [-0.1, -0.05) is 24.3 Å². The lowest BCUT2D eigenvalue weighted by molar-refractivity contribution is 0.167. The van der Waals surface area contributed by atoms with E-state index in [-0.39, 0.29) is 0 Å². The fraction of sp³-hybridized carbons (Fsp3) is 0.538. The Morgan fingerprint density at radius 2 is 1.87 bits per heavy atom. The first-order valence-corrected chi connectivity index (χ1v) is 5.95. The summed E-state index contributed by atoms with van der Waals surface area (Å²) in [5.41, 5.74) is 3.06. The van der Waals surface area contributed by atoms with Crippen molar-refractivity contribution in [3.63, 3.8) is 0 Å². The Hall–Kier alpha value is -0.860. The highest BCUT2D eigenvalue weighted by atomic mass is 15.2. The van der Waals surface area contributed by atoms with E-state index in [0.717, 1.165) is 19.1 Å². The molecule has 2 nitrogen and oxygen atoms in total. The number of hydrogen-bond acceptors (Lipinski definition) is 2. The van der Waals surface area contributed by atoms with Crippen LogP contribution in [0.15, 0.2) is 24.3 Å². The molecular weight excluding hydrogens is 184 g/mol. The molecule has 15 heavy (non-hydrogen) atoms. The minimum Gasteiger partial charge on any atom is -0.315 e. The maximum atomic E-state index is 3.50. The lowest BCUT2D eigenvalue weighted by Gasteiger charge is -2.31. The summed E-state index contributed by atoms with van der Waals surface area (Å²) in [5, 5.41) is 3.50. The van der Waals surface area contributed by atoms with E-state index in [4.69, 9.17) is 0 Å². The average Bonchev–Trinajstić information content (AvgIpc) is 2.74. The quantitative estimate of drug-likeness (QED) is 0.746. The van der Waals surface area contributed by atoms with Crippen LogP contribution >= 0.6 is 0 Å². The molecule has 1 N–H and O–H groups in total. The third-order valence-corrected chi connectivity index (χ3v) is 3.65. The molecule has 0 aromatic heterocycles. The lowest BCUT2D eigenvalue weighted by atomic mass is 10.1. The van der Waals surface area contributed by atoms with Gasteiger partial charge in [0.25, 0.3) is 0 Å². The highest BCUT2D eigenvalue weighted by Gasteiger charge is 2.26. The standard InChI is InChI=1S/C13H18N2/c1-2-5-12-10-15(9-11(12)4-1)13-6-3-7-14-8-13/h1-2,4-5,13-14H,3,6-10H2/t13-/m0/s1. The van der Waals surface area contributed by atoms with Gasteiger partial charge in [-0.3, -0.25) is 4.90 Å². The Morgan fingerprint density at radius 3 is 2.47 bits per heavy atom. The van der Waals surface area contributed by atoms with Crippen molar-refractivity contribution in [3.8, 4) is 0 Å². The maximum Gasteiger partial charge on any atom is 0.0244 e. The molecule has 80 valence electrons. The number of fused-ring (bicyclic) bond motifs is 1. The van der Waals surface area contributed by atoms with Crippen molar-refractivity contribution in [3.05, 3.63) is 35.4 Å². The highest BCUT2D eigenvalue weighted by molar-refractivity contribution is 5.30. The molecule has 3 rings (SSSR count). The summed E-state index contributed by atoms with van der Waals surface area (Å²) in [5.74, 6) is 0. The molecule has 1 aromatic carbocycles. The molecule has 2 heteroatoms. The van der Waals surface area contributed by atoms with Crippen molar-refractivity contribution in [2.24, 2.45) is 0 Å². The smallest absolute Gasteiger partial charge is 0.0244 e. The Bertz CT molecular complexity index is 317. The topological polar surface area (TPSA) is 15.3 Å². The molecule has 0 aliphatic carbocycles. The summed E-state index contributed by atoms with van der Waals surface area (Å²) in [7, 11) is 0. The first-order chi connectivity index (χ1) is 7.43. The van der Waals surface area contributed by atoms with Gasteiger partial charge in [-0.25, -0.2) is 0 Å². The Kier molecular flexibility index (Phi) is 2.47. The van der Waals surface area contributed by atoms with Crippen LogP contribution in [0.3, 0.4) is 0 Å². The van der Waals surface area contributed by atoms with Crippen LogP contribution < -0.4 is 5.32 Å². The van der Waals surface area contributed by atoms with Gasteiger partial charge in [-0.2, -0.15) is 0 Å². The molecule has 0 unspecified atom stereocenters. The number of piperidine rings is 1. The van der Waals surface area contributed by atoms with Crippen LogP contribution in [0.2, 0.25) is 0 Å². The number of nitrogens with zero attached hydrogens (tertiary/aromatic N) is 1. The Morgan fingerprint density at radius 1 is 1.13 bits per heavy atom. The normalized spacial score (nSPS) is 26.5. The molecule has 1 aromatic rings. The van der Waals surface area contributed by atoms with Crippen LogP contribution in [0.25, 0.3) is 0 Å². The van der Waals surface area contributed by atoms with Crippen molar-refractivity contribution in [2.45, 2.75) is 32.0 Å². The number of nitrogens with one attached hydrogen (secondary N) is 1. The van der Waals surface area contributed by atoms with E-state index in [1.807, 2.05) is 0 Å². The van der Waals surface area contributed by atoms with Gasteiger partial charge in [0.2, 0.25) is 0 Å². The van der Waals surface area contributed by atoms with E-state index in [0.29, 0.717) is 0 Å². The van der Waals surface area contributed by atoms with Gasteiger partial charge < -0.3 is 5.32 Å². The van der Waals surface area contributed by atoms with Gasteiger partial charge in [0.15, 0.2) is 0 Å². The molecule has 2 aliphatic heterocycles. The third kappa shape index (κ3) is 1.80. The zero-order chi connectivity index (χ0) is 10.1. The average molecular weight is 202 g/mol. The summed E-state index contributed by atoms with van der Waals surface area (Å²) in [6, 6.07) is 9.60. The van der Waals surface area contributed by atoms with Gasteiger partial charge in [0.1, 0.15) is 0 Å². The van der Waals surface area contributed by atoms with Crippen molar-refractivity contribution in [2.75, 3.05) is 13.1 Å². The molecule has 2 aliphatic rings. The zero-order valence-electron chi connectivity index (χ0n) is 9.08. The van der Waals surface area contributed by atoms with Crippen LogP contribution in [0.4, 0.5) is 0 Å². The first-order valence-electron chi connectivity index (χ1n) is 5.95. The number of benzene rings is 1. The summed E-state index contributed by atoms with van der Waals surface area (Å²) in [6.07, 6.45) is 2.69. The lowest BCUT2D eigenvalue weighted by Crippen LogP contribution is -2.43. The molecule has 1 fully saturated rings. The largest absolute Gasteiger partial charge is 0.315 e. The number of rotatable bonds is 1. The summed E-state index contributed by atoms with van der Waals surface area (Å²) in [6.45, 7) is 4.69. The summed E-state index contributed by atoms with van der Waals surface area (Å²) < 4.78 is 0. The van der Waals surface area contributed by atoms with Crippen molar-refractivity contribution >= 4 is 0 Å².